The minimum absolute atomic E-state index is 0.0662. The lowest BCUT2D eigenvalue weighted by Crippen LogP contribution is -2.33. The van der Waals surface area contributed by atoms with E-state index < -0.39 is 0 Å². The summed E-state index contributed by atoms with van der Waals surface area (Å²) in [6.07, 6.45) is 0.927. The van der Waals surface area contributed by atoms with E-state index >= 15 is 0 Å². The molecule has 0 amide bonds. The molecule has 1 aromatic heterocycles. The van der Waals surface area contributed by atoms with Crippen molar-refractivity contribution in [1.82, 2.24) is 5.32 Å². The van der Waals surface area contributed by atoms with Gasteiger partial charge in [0, 0.05) is 18.6 Å². The highest BCUT2D eigenvalue weighted by Crippen LogP contribution is 2.18. The molecule has 0 saturated carbocycles. The Bertz CT molecular complexity index is 305. The molecule has 0 fully saturated rings. The molecule has 1 heterocycles. The average Bonchev–Trinajstić information content (AvgIpc) is 2.77. The first-order valence-electron chi connectivity index (χ1n) is 5.63. The first-order chi connectivity index (χ1) is 7.63. The van der Waals surface area contributed by atoms with Crippen LogP contribution in [0.15, 0.2) is 16.5 Å². The molecule has 0 radical (unpaired) electrons. The van der Waals surface area contributed by atoms with E-state index in [1.165, 1.54) is 0 Å². The van der Waals surface area contributed by atoms with Crippen molar-refractivity contribution in [3.05, 3.63) is 23.7 Å². The van der Waals surface area contributed by atoms with Gasteiger partial charge in [0.05, 0.1) is 6.54 Å². The Labute approximate surface area is 96.3 Å². The fourth-order valence-electron chi connectivity index (χ4n) is 1.38. The summed E-state index contributed by atoms with van der Waals surface area (Å²) in [5.74, 6) is 1.39. The van der Waals surface area contributed by atoms with Crippen LogP contribution in [0.25, 0.3) is 0 Å². The third-order valence-corrected chi connectivity index (χ3v) is 2.96. The van der Waals surface area contributed by atoms with Crippen LogP contribution in [-0.2, 0) is 13.2 Å². The van der Waals surface area contributed by atoms with Gasteiger partial charge in [-0.2, -0.15) is 0 Å². The van der Waals surface area contributed by atoms with E-state index in [1.54, 1.807) is 6.07 Å². The molecular formula is C12H21NO3. The molecule has 0 bridgehead atoms. The van der Waals surface area contributed by atoms with Crippen molar-refractivity contribution < 1.29 is 14.6 Å². The van der Waals surface area contributed by atoms with Crippen LogP contribution in [0.2, 0.25) is 0 Å². The minimum atomic E-state index is -0.0770. The van der Waals surface area contributed by atoms with Crippen LogP contribution in [0.4, 0.5) is 0 Å². The number of nitrogens with one attached hydrogen (secondary N) is 1. The Morgan fingerprint density at radius 2 is 2.00 bits per heavy atom. The molecule has 16 heavy (non-hydrogen) atoms. The van der Waals surface area contributed by atoms with Gasteiger partial charge >= 0.3 is 0 Å². The van der Waals surface area contributed by atoms with Gasteiger partial charge in [-0.1, -0.05) is 13.8 Å². The first-order valence-corrected chi connectivity index (χ1v) is 5.63. The van der Waals surface area contributed by atoms with E-state index in [1.807, 2.05) is 13.0 Å². The number of aliphatic hydroxyl groups excluding tert-OH is 2. The van der Waals surface area contributed by atoms with E-state index in [-0.39, 0.29) is 18.6 Å². The lowest BCUT2D eigenvalue weighted by molar-refractivity contribution is 0.134. The topological polar surface area (TPSA) is 65.6 Å². The summed E-state index contributed by atoms with van der Waals surface area (Å²) in [7, 11) is 0. The molecule has 92 valence electrons. The van der Waals surface area contributed by atoms with Crippen LogP contribution in [0, 0.1) is 5.41 Å². The highest BCUT2D eigenvalue weighted by Gasteiger charge is 2.20. The van der Waals surface area contributed by atoms with Gasteiger partial charge in [-0.3, -0.25) is 0 Å². The Morgan fingerprint density at radius 1 is 1.31 bits per heavy atom. The highest BCUT2D eigenvalue weighted by atomic mass is 16.4. The number of hydrogen-bond donors (Lipinski definition) is 3. The molecule has 0 aliphatic carbocycles. The molecule has 0 aromatic carbocycles. The van der Waals surface area contributed by atoms with Gasteiger partial charge in [-0.05, 0) is 18.6 Å². The predicted molar refractivity (Wildman–Crippen MR) is 61.8 cm³/mol. The third kappa shape index (κ3) is 3.63. The molecule has 0 spiro atoms. The molecule has 1 atom stereocenters. The van der Waals surface area contributed by atoms with Gasteiger partial charge in [0.2, 0.25) is 0 Å². The molecule has 3 N–H and O–H groups in total. The van der Waals surface area contributed by atoms with Crippen LogP contribution < -0.4 is 5.32 Å². The first kappa shape index (κ1) is 13.2. The van der Waals surface area contributed by atoms with E-state index in [4.69, 9.17) is 9.52 Å². The zero-order valence-electron chi connectivity index (χ0n) is 9.99. The molecule has 1 rings (SSSR count). The molecule has 0 aliphatic heterocycles. The Morgan fingerprint density at radius 3 is 2.50 bits per heavy atom. The van der Waals surface area contributed by atoms with Crippen molar-refractivity contribution in [3.63, 3.8) is 0 Å². The average molecular weight is 227 g/mol. The number of hydrogen-bond acceptors (Lipinski definition) is 4. The fourth-order valence-corrected chi connectivity index (χ4v) is 1.38. The Kier molecular flexibility index (Phi) is 4.99. The summed E-state index contributed by atoms with van der Waals surface area (Å²) in [6.45, 7) is 5.58. The standard InChI is InChI=1S/C12H21NO3/c1-3-12(2,9-15)8-13-6-10-4-5-11(7-14)16-10/h4-5,13-15H,3,6-9H2,1-2H3. The maximum Gasteiger partial charge on any atom is 0.129 e. The van der Waals surface area contributed by atoms with Gasteiger partial charge < -0.3 is 19.9 Å². The van der Waals surface area contributed by atoms with Crippen LogP contribution in [-0.4, -0.2) is 23.4 Å². The second-order valence-corrected chi connectivity index (χ2v) is 4.45. The smallest absolute Gasteiger partial charge is 0.129 e. The molecule has 1 unspecified atom stereocenters. The lowest BCUT2D eigenvalue weighted by Gasteiger charge is -2.25. The number of aliphatic hydroxyl groups is 2. The summed E-state index contributed by atoms with van der Waals surface area (Å²) in [6, 6.07) is 3.61. The van der Waals surface area contributed by atoms with Crippen molar-refractivity contribution >= 4 is 0 Å². The quantitative estimate of drug-likeness (QED) is 0.656. The molecule has 4 heteroatoms. The third-order valence-electron chi connectivity index (χ3n) is 2.96. The highest BCUT2D eigenvalue weighted by molar-refractivity contribution is 5.06. The summed E-state index contributed by atoms with van der Waals surface area (Å²) < 4.78 is 5.34. The van der Waals surface area contributed by atoms with Crippen molar-refractivity contribution in [3.8, 4) is 0 Å². The van der Waals surface area contributed by atoms with Crippen molar-refractivity contribution in [2.45, 2.75) is 33.4 Å². The summed E-state index contributed by atoms with van der Waals surface area (Å²) in [5.41, 5.74) is -0.0770. The molecular weight excluding hydrogens is 206 g/mol. The SMILES string of the molecule is CCC(C)(CO)CNCc1ccc(CO)o1. The largest absolute Gasteiger partial charge is 0.462 e. The summed E-state index contributed by atoms with van der Waals surface area (Å²) in [5, 5.41) is 21.3. The second-order valence-electron chi connectivity index (χ2n) is 4.45. The number of furan rings is 1. The molecule has 4 nitrogen and oxygen atoms in total. The van der Waals surface area contributed by atoms with Crippen molar-refractivity contribution in [2.24, 2.45) is 5.41 Å². The van der Waals surface area contributed by atoms with E-state index in [0.29, 0.717) is 12.3 Å². The van der Waals surface area contributed by atoms with Gasteiger partial charge in [-0.25, -0.2) is 0 Å². The minimum Gasteiger partial charge on any atom is -0.462 e. The number of rotatable bonds is 7. The van der Waals surface area contributed by atoms with Gasteiger partial charge in [0.1, 0.15) is 18.1 Å². The summed E-state index contributed by atoms with van der Waals surface area (Å²) in [4.78, 5) is 0. The maximum atomic E-state index is 9.23. The second kappa shape index (κ2) is 6.03. The monoisotopic (exact) mass is 227 g/mol. The molecule has 0 aliphatic rings. The Hall–Kier alpha value is -0.840. The van der Waals surface area contributed by atoms with E-state index in [9.17, 15) is 5.11 Å². The lowest BCUT2D eigenvalue weighted by atomic mass is 9.89. The Balaban J connectivity index is 2.35. The van der Waals surface area contributed by atoms with Gasteiger partial charge in [-0.15, -0.1) is 0 Å². The van der Waals surface area contributed by atoms with Crippen LogP contribution >= 0.6 is 0 Å². The predicted octanol–water partition coefficient (Wildman–Crippen LogP) is 1.27. The van der Waals surface area contributed by atoms with E-state index in [2.05, 4.69) is 12.2 Å². The van der Waals surface area contributed by atoms with Gasteiger partial charge in [0.25, 0.3) is 0 Å². The molecule has 0 saturated heterocycles. The van der Waals surface area contributed by atoms with Gasteiger partial charge in [0.15, 0.2) is 0 Å². The maximum absolute atomic E-state index is 9.23. The zero-order chi connectivity index (χ0) is 12.0. The van der Waals surface area contributed by atoms with Crippen LogP contribution in [0.1, 0.15) is 31.8 Å². The van der Waals surface area contributed by atoms with Crippen molar-refractivity contribution in [1.29, 1.82) is 0 Å². The van der Waals surface area contributed by atoms with E-state index in [0.717, 1.165) is 18.7 Å². The van der Waals surface area contributed by atoms with Crippen molar-refractivity contribution in [2.75, 3.05) is 13.2 Å². The van der Waals surface area contributed by atoms with Crippen LogP contribution in [0.5, 0.6) is 0 Å². The molecule has 1 aromatic rings. The summed E-state index contributed by atoms with van der Waals surface area (Å²) >= 11 is 0. The zero-order valence-corrected chi connectivity index (χ0v) is 9.99. The van der Waals surface area contributed by atoms with Crippen LogP contribution in [0.3, 0.4) is 0 Å². The fraction of sp³-hybridized carbons (Fsp3) is 0.667. The normalized spacial score (nSPS) is 15.0.